The van der Waals surface area contributed by atoms with Gasteiger partial charge < -0.3 is 9.47 Å². The molecule has 2 atom stereocenters. The third-order valence-electron chi connectivity index (χ3n) is 3.26. The number of ketones is 1. The molecule has 6 nitrogen and oxygen atoms in total. The second kappa shape index (κ2) is 8.34. The van der Waals surface area contributed by atoms with Crippen molar-refractivity contribution >= 4 is 23.1 Å². The lowest BCUT2D eigenvalue weighted by molar-refractivity contribution is -0.129. The Bertz CT molecular complexity index is 751. The molecule has 0 bridgehead atoms. The summed E-state index contributed by atoms with van der Waals surface area (Å²) in [6, 6.07) is 10.9. The summed E-state index contributed by atoms with van der Waals surface area (Å²) >= 11 is 1.08. The van der Waals surface area contributed by atoms with Crippen molar-refractivity contribution in [3.8, 4) is 6.07 Å². The zero-order valence-corrected chi connectivity index (χ0v) is 14.1. The van der Waals surface area contributed by atoms with E-state index in [1.54, 1.807) is 31.2 Å². The first kappa shape index (κ1) is 17.8. The summed E-state index contributed by atoms with van der Waals surface area (Å²) in [6.45, 7) is 1.92. The van der Waals surface area contributed by atoms with Crippen molar-refractivity contribution < 1.29 is 19.1 Å². The molecular formula is C17H16N2O4S. The summed E-state index contributed by atoms with van der Waals surface area (Å²) in [5.41, 5.74) is 0.756. The highest BCUT2D eigenvalue weighted by Gasteiger charge is 2.32. The average molecular weight is 344 g/mol. The van der Waals surface area contributed by atoms with Gasteiger partial charge in [0.15, 0.2) is 17.4 Å². The Morgan fingerprint density at radius 1 is 1.33 bits per heavy atom. The summed E-state index contributed by atoms with van der Waals surface area (Å²) in [7, 11) is 1.41. The minimum absolute atomic E-state index is 0.0959. The highest BCUT2D eigenvalue weighted by Crippen LogP contribution is 2.28. The van der Waals surface area contributed by atoms with Gasteiger partial charge in [-0.15, -0.1) is 11.3 Å². The molecule has 0 fully saturated rings. The van der Waals surface area contributed by atoms with Gasteiger partial charge >= 0.3 is 5.97 Å². The molecule has 0 N–H and O–H groups in total. The Kier molecular flexibility index (Phi) is 6.18. The lowest BCUT2D eigenvalue weighted by Crippen LogP contribution is -2.21. The number of carbonyl (C=O) groups is 2. The SMILES string of the molecule is CCOC(=O)c1csc(C(C#N)C(=O)C(OC)c2ccccc2)n1. The first-order chi connectivity index (χ1) is 11.6. The Morgan fingerprint density at radius 3 is 2.62 bits per heavy atom. The van der Waals surface area contributed by atoms with Gasteiger partial charge in [-0.3, -0.25) is 4.79 Å². The molecule has 1 aromatic heterocycles. The van der Waals surface area contributed by atoms with Crippen molar-refractivity contribution in [2.45, 2.75) is 18.9 Å². The number of hydrogen-bond acceptors (Lipinski definition) is 7. The maximum absolute atomic E-state index is 12.7. The zero-order valence-electron chi connectivity index (χ0n) is 13.3. The molecule has 1 heterocycles. The van der Waals surface area contributed by atoms with Crippen LogP contribution >= 0.6 is 11.3 Å². The molecule has 2 rings (SSSR count). The van der Waals surface area contributed by atoms with Crippen LogP contribution in [-0.4, -0.2) is 30.5 Å². The molecule has 0 aliphatic rings. The predicted molar refractivity (Wildman–Crippen MR) is 87.6 cm³/mol. The lowest BCUT2D eigenvalue weighted by Gasteiger charge is -2.16. The maximum atomic E-state index is 12.7. The molecule has 7 heteroatoms. The molecule has 0 radical (unpaired) electrons. The van der Waals surface area contributed by atoms with Crippen molar-refractivity contribution in [3.05, 3.63) is 52.0 Å². The highest BCUT2D eigenvalue weighted by atomic mass is 32.1. The van der Waals surface area contributed by atoms with Gasteiger partial charge in [-0.05, 0) is 12.5 Å². The lowest BCUT2D eigenvalue weighted by atomic mass is 9.96. The van der Waals surface area contributed by atoms with Crippen molar-refractivity contribution in [2.24, 2.45) is 0 Å². The normalized spacial score (nSPS) is 12.9. The Morgan fingerprint density at radius 2 is 2.04 bits per heavy atom. The van der Waals surface area contributed by atoms with Gasteiger partial charge in [0, 0.05) is 12.5 Å². The number of thiazole rings is 1. The first-order valence-electron chi connectivity index (χ1n) is 7.26. The number of benzene rings is 1. The fourth-order valence-electron chi connectivity index (χ4n) is 2.16. The number of hydrogen-bond donors (Lipinski definition) is 0. The second-order valence-corrected chi connectivity index (χ2v) is 5.67. The standard InChI is InChI=1S/C17H16N2O4S/c1-3-23-17(21)13-10-24-16(19-13)12(9-18)14(20)15(22-2)11-7-5-4-6-8-11/h4-8,10,12,15H,3H2,1-2H3. The number of nitriles is 1. The van der Waals surface area contributed by atoms with E-state index in [0.717, 1.165) is 11.3 Å². The molecular weight excluding hydrogens is 328 g/mol. The number of aromatic nitrogens is 1. The third-order valence-corrected chi connectivity index (χ3v) is 4.17. The fourth-order valence-corrected chi connectivity index (χ4v) is 2.99. The van der Waals surface area contributed by atoms with Gasteiger partial charge in [-0.2, -0.15) is 5.26 Å². The van der Waals surface area contributed by atoms with Crippen molar-refractivity contribution in [1.82, 2.24) is 4.98 Å². The zero-order chi connectivity index (χ0) is 17.5. The van der Waals surface area contributed by atoms with E-state index in [1.807, 2.05) is 12.1 Å². The van der Waals surface area contributed by atoms with Gasteiger partial charge in [0.1, 0.15) is 11.1 Å². The number of Topliss-reactive ketones (excluding diaryl/α,β-unsaturated/α-hetero) is 1. The molecule has 2 unspecified atom stereocenters. The average Bonchev–Trinajstić information content (AvgIpc) is 3.07. The third kappa shape index (κ3) is 3.85. The summed E-state index contributed by atoms with van der Waals surface area (Å²) < 4.78 is 10.1. The maximum Gasteiger partial charge on any atom is 0.357 e. The van der Waals surface area contributed by atoms with Gasteiger partial charge in [-0.1, -0.05) is 30.3 Å². The monoisotopic (exact) mass is 344 g/mol. The first-order valence-corrected chi connectivity index (χ1v) is 8.14. The van der Waals surface area contributed by atoms with E-state index in [1.165, 1.54) is 12.5 Å². The minimum Gasteiger partial charge on any atom is -0.461 e. The predicted octanol–water partition coefficient (Wildman–Crippen LogP) is 2.88. The van der Waals surface area contributed by atoms with E-state index in [2.05, 4.69) is 4.98 Å². The van der Waals surface area contributed by atoms with Gasteiger partial charge in [-0.25, -0.2) is 9.78 Å². The van der Waals surface area contributed by atoms with Crippen LogP contribution in [0.15, 0.2) is 35.7 Å². The summed E-state index contributed by atoms with van der Waals surface area (Å²) in [5, 5.41) is 11.2. The van der Waals surface area contributed by atoms with E-state index in [-0.39, 0.29) is 17.3 Å². The van der Waals surface area contributed by atoms with Gasteiger partial charge in [0.05, 0.1) is 12.7 Å². The quantitative estimate of drug-likeness (QED) is 0.718. The molecule has 0 aliphatic carbocycles. The van der Waals surface area contributed by atoms with Crippen LogP contribution in [0.1, 0.15) is 40.0 Å². The van der Waals surface area contributed by atoms with E-state index < -0.39 is 23.8 Å². The Balaban J connectivity index is 2.26. The fraction of sp³-hybridized carbons (Fsp3) is 0.294. The van der Waals surface area contributed by atoms with Gasteiger partial charge in [0.2, 0.25) is 0 Å². The molecule has 24 heavy (non-hydrogen) atoms. The topological polar surface area (TPSA) is 89.3 Å². The van der Waals surface area contributed by atoms with E-state index in [0.29, 0.717) is 5.56 Å². The van der Waals surface area contributed by atoms with Crippen LogP contribution in [0.2, 0.25) is 0 Å². The summed E-state index contributed by atoms with van der Waals surface area (Å²) in [6.07, 6.45) is -0.870. The molecule has 0 aliphatic heterocycles. The van der Waals surface area contributed by atoms with Gasteiger partial charge in [0.25, 0.3) is 0 Å². The number of nitrogens with zero attached hydrogens (tertiary/aromatic N) is 2. The van der Waals surface area contributed by atoms with Crippen molar-refractivity contribution in [2.75, 3.05) is 13.7 Å². The molecule has 0 spiro atoms. The van der Waals surface area contributed by atoms with E-state index in [9.17, 15) is 14.9 Å². The highest BCUT2D eigenvalue weighted by molar-refractivity contribution is 7.10. The number of carbonyl (C=O) groups excluding carboxylic acids is 2. The number of ether oxygens (including phenoxy) is 2. The Labute approximate surface area is 143 Å². The molecule has 124 valence electrons. The molecule has 0 amide bonds. The van der Waals surface area contributed by atoms with Crippen molar-refractivity contribution in [3.63, 3.8) is 0 Å². The largest absolute Gasteiger partial charge is 0.461 e. The van der Waals surface area contributed by atoms with E-state index >= 15 is 0 Å². The minimum atomic E-state index is -1.11. The summed E-state index contributed by atoms with van der Waals surface area (Å²) in [4.78, 5) is 28.5. The molecule has 0 saturated heterocycles. The molecule has 0 saturated carbocycles. The van der Waals surface area contributed by atoms with Crippen LogP contribution in [0.4, 0.5) is 0 Å². The van der Waals surface area contributed by atoms with Crippen molar-refractivity contribution in [1.29, 1.82) is 5.26 Å². The second-order valence-electron chi connectivity index (χ2n) is 4.78. The number of esters is 1. The summed E-state index contributed by atoms with van der Waals surface area (Å²) in [5.74, 6) is -2.10. The van der Waals surface area contributed by atoms with Crippen LogP contribution in [-0.2, 0) is 14.3 Å². The van der Waals surface area contributed by atoms with Crippen LogP contribution in [0.5, 0.6) is 0 Å². The molecule has 1 aromatic carbocycles. The number of methoxy groups -OCH3 is 1. The van der Waals surface area contributed by atoms with Crippen LogP contribution in [0.25, 0.3) is 0 Å². The van der Waals surface area contributed by atoms with Crippen LogP contribution in [0, 0.1) is 11.3 Å². The van der Waals surface area contributed by atoms with Crippen LogP contribution in [0.3, 0.4) is 0 Å². The Hall–Kier alpha value is -2.56. The van der Waals surface area contributed by atoms with Crippen LogP contribution < -0.4 is 0 Å². The number of rotatable bonds is 7. The van der Waals surface area contributed by atoms with E-state index in [4.69, 9.17) is 9.47 Å². The molecule has 2 aromatic rings. The smallest absolute Gasteiger partial charge is 0.357 e.